The van der Waals surface area contributed by atoms with E-state index in [-0.39, 0.29) is 11.8 Å². The first-order chi connectivity index (χ1) is 11.5. The van der Waals surface area contributed by atoms with Crippen LogP contribution in [0.25, 0.3) is 0 Å². The first-order valence-corrected chi connectivity index (χ1v) is 8.66. The van der Waals surface area contributed by atoms with E-state index >= 15 is 0 Å². The van der Waals surface area contributed by atoms with Gasteiger partial charge in [0.25, 0.3) is 0 Å². The molecule has 2 N–H and O–H groups in total. The molecule has 2 aliphatic carbocycles. The molecule has 5 heteroatoms. The number of benzene rings is 1. The van der Waals surface area contributed by atoms with Crippen LogP contribution >= 0.6 is 15.9 Å². The molecule has 0 spiro atoms. The molecule has 1 aromatic heterocycles. The van der Waals surface area contributed by atoms with Gasteiger partial charge in [-0.2, -0.15) is 0 Å². The van der Waals surface area contributed by atoms with E-state index < -0.39 is 5.54 Å². The van der Waals surface area contributed by atoms with Crippen molar-refractivity contribution in [1.82, 2.24) is 4.98 Å². The molecule has 24 heavy (non-hydrogen) atoms. The lowest BCUT2D eigenvalue weighted by Gasteiger charge is -2.39. The number of nitrogens with two attached hydrogens (primary N) is 1. The molecular weight excluding hydrogens is 368 g/mol. The molecule has 0 saturated carbocycles. The summed E-state index contributed by atoms with van der Waals surface area (Å²) < 4.78 is 12.1. The van der Waals surface area contributed by atoms with Crippen molar-refractivity contribution in [1.29, 1.82) is 0 Å². The maximum Gasteiger partial charge on any atom is 0.128 e. The minimum Gasteiger partial charge on any atom is -0.497 e. The predicted molar refractivity (Wildman–Crippen MR) is 96.6 cm³/mol. The normalized spacial score (nSPS) is 26.5. The van der Waals surface area contributed by atoms with E-state index in [1.807, 2.05) is 18.3 Å². The van der Waals surface area contributed by atoms with E-state index in [0.29, 0.717) is 0 Å². The average molecular weight is 387 g/mol. The zero-order valence-corrected chi connectivity index (χ0v) is 15.3. The third-order valence-electron chi connectivity index (χ3n) is 5.35. The summed E-state index contributed by atoms with van der Waals surface area (Å²) in [6.07, 6.45) is 4.64. The van der Waals surface area contributed by atoms with E-state index in [2.05, 4.69) is 39.6 Å². The van der Waals surface area contributed by atoms with Crippen LogP contribution in [0.4, 0.5) is 0 Å². The Morgan fingerprint density at radius 1 is 1.33 bits per heavy atom. The molecule has 0 aliphatic heterocycles. The molecule has 2 bridgehead atoms. The first-order valence-electron chi connectivity index (χ1n) is 7.87. The lowest BCUT2D eigenvalue weighted by Crippen LogP contribution is -2.46. The van der Waals surface area contributed by atoms with Crippen molar-refractivity contribution in [3.63, 3.8) is 0 Å². The highest BCUT2D eigenvalue weighted by Crippen LogP contribution is 2.59. The van der Waals surface area contributed by atoms with Crippen molar-refractivity contribution in [3.05, 3.63) is 63.9 Å². The zero-order valence-electron chi connectivity index (χ0n) is 13.7. The van der Waals surface area contributed by atoms with Crippen molar-refractivity contribution >= 4 is 15.9 Å². The Morgan fingerprint density at radius 2 is 2.12 bits per heavy atom. The van der Waals surface area contributed by atoms with Gasteiger partial charge in [-0.05, 0) is 51.5 Å². The Hall–Kier alpha value is -1.85. The largest absolute Gasteiger partial charge is 0.497 e. The second kappa shape index (κ2) is 5.33. The standard InChI is InChI=1S/C19H19BrN2O2/c1-4-15-13-6-10-5-12(23-2)8-16(24-3)17(10)19(15,21)18-14(13)7-11(20)9-22-18/h4-5,7-9,13,15H,1,6,21H2,2-3H3/t13-,15+,19-/m0/s1. The molecule has 124 valence electrons. The SMILES string of the molecule is C=C[C@@H]1[C@H]2Cc3cc(OC)cc(OC)c3[C@]1(N)c1ncc(Br)cc12. The Morgan fingerprint density at radius 3 is 2.79 bits per heavy atom. The summed E-state index contributed by atoms with van der Waals surface area (Å²) in [4.78, 5) is 4.68. The number of rotatable bonds is 3. The fraction of sp³-hybridized carbons (Fsp3) is 0.316. The van der Waals surface area contributed by atoms with Gasteiger partial charge in [0.15, 0.2) is 0 Å². The third-order valence-corrected chi connectivity index (χ3v) is 5.79. The van der Waals surface area contributed by atoms with Crippen molar-refractivity contribution in [2.75, 3.05) is 14.2 Å². The number of hydrogen-bond acceptors (Lipinski definition) is 4. The van der Waals surface area contributed by atoms with Crippen LogP contribution in [-0.4, -0.2) is 19.2 Å². The van der Waals surface area contributed by atoms with Gasteiger partial charge in [-0.15, -0.1) is 6.58 Å². The van der Waals surface area contributed by atoms with Gasteiger partial charge >= 0.3 is 0 Å². The van der Waals surface area contributed by atoms with Crippen LogP contribution in [0.3, 0.4) is 0 Å². The number of aromatic nitrogens is 1. The summed E-state index contributed by atoms with van der Waals surface area (Å²) in [7, 11) is 3.33. The number of pyridine rings is 1. The smallest absolute Gasteiger partial charge is 0.128 e. The van der Waals surface area contributed by atoms with E-state index in [1.165, 1.54) is 5.56 Å². The Labute approximate surface area is 149 Å². The van der Waals surface area contributed by atoms with Gasteiger partial charge in [0.1, 0.15) is 11.5 Å². The van der Waals surface area contributed by atoms with Gasteiger partial charge in [-0.3, -0.25) is 4.98 Å². The number of methoxy groups -OCH3 is 2. The van der Waals surface area contributed by atoms with Gasteiger partial charge < -0.3 is 15.2 Å². The molecule has 2 aromatic rings. The van der Waals surface area contributed by atoms with Gasteiger partial charge in [-0.25, -0.2) is 0 Å². The van der Waals surface area contributed by atoms with Crippen molar-refractivity contribution in [3.8, 4) is 11.5 Å². The molecule has 1 aromatic carbocycles. The molecular formula is C19H19BrN2O2. The minimum absolute atomic E-state index is 0.0871. The number of hydrogen-bond donors (Lipinski definition) is 1. The average Bonchev–Trinajstić information content (AvgIpc) is 2.75. The van der Waals surface area contributed by atoms with Crippen molar-refractivity contribution in [2.45, 2.75) is 17.9 Å². The van der Waals surface area contributed by atoms with Gasteiger partial charge in [0.2, 0.25) is 0 Å². The lowest BCUT2D eigenvalue weighted by atomic mass is 9.68. The Balaban J connectivity index is 2.06. The summed E-state index contributed by atoms with van der Waals surface area (Å²) in [5.41, 5.74) is 10.6. The van der Waals surface area contributed by atoms with Gasteiger partial charge in [0.05, 0.1) is 25.5 Å². The minimum atomic E-state index is -0.729. The van der Waals surface area contributed by atoms with Gasteiger partial charge in [0, 0.05) is 28.2 Å². The summed E-state index contributed by atoms with van der Waals surface area (Å²) in [6.45, 7) is 4.05. The topological polar surface area (TPSA) is 57.4 Å². The maximum atomic E-state index is 7.03. The second-order valence-corrected chi connectivity index (χ2v) is 7.31. The molecule has 0 amide bonds. The number of ether oxygens (including phenoxy) is 2. The highest BCUT2D eigenvalue weighted by atomic mass is 79.9. The van der Waals surface area contributed by atoms with Crippen LogP contribution in [0.5, 0.6) is 11.5 Å². The first kappa shape index (κ1) is 15.7. The molecule has 0 saturated heterocycles. The van der Waals surface area contributed by atoms with E-state index in [9.17, 15) is 0 Å². The van der Waals surface area contributed by atoms with E-state index in [4.69, 9.17) is 15.2 Å². The molecule has 0 unspecified atom stereocenters. The fourth-order valence-corrected chi connectivity index (χ4v) is 4.76. The van der Waals surface area contributed by atoms with E-state index in [1.54, 1.807) is 14.2 Å². The molecule has 3 atom stereocenters. The number of halogens is 1. The van der Waals surface area contributed by atoms with Crippen LogP contribution in [0.15, 0.2) is 41.5 Å². The molecule has 1 heterocycles. The second-order valence-electron chi connectivity index (χ2n) is 6.40. The van der Waals surface area contributed by atoms with Crippen LogP contribution in [-0.2, 0) is 12.0 Å². The summed E-state index contributed by atoms with van der Waals surface area (Å²) in [5, 5.41) is 0. The highest BCUT2D eigenvalue weighted by Gasteiger charge is 2.56. The summed E-state index contributed by atoms with van der Waals surface area (Å²) >= 11 is 3.53. The quantitative estimate of drug-likeness (QED) is 0.819. The summed E-state index contributed by atoms with van der Waals surface area (Å²) in [5.74, 6) is 1.87. The van der Waals surface area contributed by atoms with Crippen LogP contribution in [0, 0.1) is 5.92 Å². The molecule has 0 radical (unpaired) electrons. The molecule has 4 nitrogen and oxygen atoms in total. The molecule has 0 fully saturated rings. The Bertz CT molecular complexity index is 852. The zero-order chi connectivity index (χ0) is 17.1. The van der Waals surface area contributed by atoms with Crippen LogP contribution < -0.4 is 15.2 Å². The summed E-state index contributed by atoms with van der Waals surface area (Å²) in [6, 6.07) is 6.09. The Kier molecular flexibility index (Phi) is 3.48. The fourth-order valence-electron chi connectivity index (χ4n) is 4.42. The molecule has 2 aliphatic rings. The molecule has 4 rings (SSSR count). The lowest BCUT2D eigenvalue weighted by molar-refractivity contribution is 0.319. The maximum absolute atomic E-state index is 7.03. The third kappa shape index (κ3) is 1.85. The van der Waals surface area contributed by atoms with Gasteiger partial charge in [-0.1, -0.05) is 6.08 Å². The van der Waals surface area contributed by atoms with Crippen molar-refractivity contribution in [2.24, 2.45) is 11.7 Å². The number of nitrogens with zero attached hydrogens (tertiary/aromatic N) is 1. The van der Waals surface area contributed by atoms with Crippen molar-refractivity contribution < 1.29 is 9.47 Å². The van der Waals surface area contributed by atoms with Crippen LogP contribution in [0.2, 0.25) is 0 Å². The van der Waals surface area contributed by atoms with Crippen LogP contribution in [0.1, 0.15) is 28.3 Å². The number of fused-ring (bicyclic) bond motifs is 7. The highest BCUT2D eigenvalue weighted by molar-refractivity contribution is 9.10. The predicted octanol–water partition coefficient (Wildman–Crippen LogP) is 3.52. The van der Waals surface area contributed by atoms with E-state index in [0.717, 1.165) is 39.2 Å². The monoisotopic (exact) mass is 386 g/mol.